The fraction of sp³-hybridized carbons (Fsp3) is 0.400. The van der Waals surface area contributed by atoms with Crippen LogP contribution in [0.15, 0.2) is 24.3 Å². The maximum absolute atomic E-state index is 12.3. The number of carbonyl (C=O) groups excluding carboxylic acids is 1. The van der Waals surface area contributed by atoms with Gasteiger partial charge in [-0.1, -0.05) is 18.2 Å². The molecule has 21 heavy (non-hydrogen) atoms. The number of nitrogens with one attached hydrogen (secondary N) is 2. The van der Waals surface area contributed by atoms with Crippen LogP contribution in [0.5, 0.6) is 0 Å². The third kappa shape index (κ3) is 3.01. The molecule has 0 saturated carbocycles. The molecule has 3 rings (SSSR count). The summed E-state index contributed by atoms with van der Waals surface area (Å²) in [7, 11) is 0. The molecule has 1 aromatic carbocycles. The van der Waals surface area contributed by atoms with Crippen LogP contribution in [0.25, 0.3) is 10.9 Å². The van der Waals surface area contributed by atoms with Gasteiger partial charge in [-0.25, -0.2) is 0 Å². The Kier molecular flexibility index (Phi) is 4.08. The second kappa shape index (κ2) is 6.15. The first-order valence-corrected chi connectivity index (χ1v) is 7.20. The topological polar surface area (TPSA) is 83.4 Å². The summed E-state index contributed by atoms with van der Waals surface area (Å²) in [6.07, 6.45) is 0. The van der Waals surface area contributed by atoms with Gasteiger partial charge in [0.05, 0.1) is 18.8 Å². The molecule has 1 saturated heterocycles. The van der Waals surface area contributed by atoms with E-state index in [1.807, 2.05) is 24.3 Å². The third-order valence-electron chi connectivity index (χ3n) is 3.78. The predicted octanol–water partition coefficient (Wildman–Crippen LogP) is 0.812. The molecule has 0 spiro atoms. The number of ether oxygens (including phenoxy) is 1. The van der Waals surface area contributed by atoms with Gasteiger partial charge in [-0.15, -0.1) is 0 Å². The molecular weight excluding hydrogens is 268 g/mol. The lowest BCUT2D eigenvalue weighted by molar-refractivity contribution is 0.0383. The SMILES string of the molecule is Nc1[nH]c2ccccc2c1C(=O)NCCN1CCOCC1. The summed E-state index contributed by atoms with van der Waals surface area (Å²) in [5, 5.41) is 3.80. The lowest BCUT2D eigenvalue weighted by atomic mass is 10.1. The van der Waals surface area contributed by atoms with E-state index in [0.29, 0.717) is 17.9 Å². The number of rotatable bonds is 4. The number of nitrogens with zero attached hydrogens (tertiary/aromatic N) is 1. The van der Waals surface area contributed by atoms with E-state index in [2.05, 4.69) is 15.2 Å². The Morgan fingerprint density at radius 3 is 2.90 bits per heavy atom. The number of aromatic nitrogens is 1. The van der Waals surface area contributed by atoms with Crippen molar-refractivity contribution in [2.45, 2.75) is 0 Å². The fourth-order valence-electron chi connectivity index (χ4n) is 2.65. The number of carbonyl (C=O) groups is 1. The smallest absolute Gasteiger partial charge is 0.255 e. The summed E-state index contributed by atoms with van der Waals surface area (Å²) in [5.74, 6) is 0.290. The molecule has 112 valence electrons. The van der Waals surface area contributed by atoms with Crippen LogP contribution in [0.4, 0.5) is 5.82 Å². The number of nitrogen functional groups attached to an aromatic ring is 1. The minimum absolute atomic E-state index is 0.127. The highest BCUT2D eigenvalue weighted by Gasteiger charge is 2.16. The Hall–Kier alpha value is -2.05. The van der Waals surface area contributed by atoms with Crippen LogP contribution >= 0.6 is 0 Å². The van der Waals surface area contributed by atoms with Gasteiger partial charge in [-0.2, -0.15) is 0 Å². The van der Waals surface area contributed by atoms with E-state index < -0.39 is 0 Å². The molecule has 1 amide bonds. The van der Waals surface area contributed by atoms with Crippen LogP contribution in [0.3, 0.4) is 0 Å². The molecule has 4 N–H and O–H groups in total. The van der Waals surface area contributed by atoms with Crippen LogP contribution < -0.4 is 11.1 Å². The van der Waals surface area contributed by atoms with E-state index in [1.54, 1.807) is 0 Å². The van der Waals surface area contributed by atoms with Gasteiger partial charge in [0.2, 0.25) is 0 Å². The number of para-hydroxylation sites is 1. The highest BCUT2D eigenvalue weighted by Crippen LogP contribution is 2.23. The fourth-order valence-corrected chi connectivity index (χ4v) is 2.65. The van der Waals surface area contributed by atoms with Gasteiger partial charge in [-0.3, -0.25) is 9.69 Å². The Labute approximate surface area is 123 Å². The molecule has 0 radical (unpaired) electrons. The van der Waals surface area contributed by atoms with Gasteiger partial charge >= 0.3 is 0 Å². The molecule has 6 nitrogen and oxygen atoms in total. The number of anilines is 1. The molecule has 0 bridgehead atoms. The van der Waals surface area contributed by atoms with E-state index >= 15 is 0 Å². The average Bonchev–Trinajstić information content (AvgIpc) is 2.84. The first-order valence-electron chi connectivity index (χ1n) is 7.20. The predicted molar refractivity (Wildman–Crippen MR) is 82.3 cm³/mol. The number of aromatic amines is 1. The summed E-state index contributed by atoms with van der Waals surface area (Å²) >= 11 is 0. The number of hydrogen-bond donors (Lipinski definition) is 3. The normalized spacial score (nSPS) is 16.2. The number of H-pyrrole nitrogens is 1. The zero-order chi connectivity index (χ0) is 14.7. The summed E-state index contributed by atoms with van der Waals surface area (Å²) in [6.45, 7) is 4.82. The van der Waals surface area contributed by atoms with Crippen molar-refractivity contribution in [1.82, 2.24) is 15.2 Å². The Balaban J connectivity index is 1.62. The van der Waals surface area contributed by atoms with Crippen molar-refractivity contribution >= 4 is 22.6 Å². The van der Waals surface area contributed by atoms with Crippen molar-refractivity contribution in [2.24, 2.45) is 0 Å². The van der Waals surface area contributed by atoms with Gasteiger partial charge in [0.25, 0.3) is 5.91 Å². The highest BCUT2D eigenvalue weighted by molar-refractivity contribution is 6.11. The van der Waals surface area contributed by atoms with Crippen LogP contribution in [0, 0.1) is 0 Å². The van der Waals surface area contributed by atoms with Crippen molar-refractivity contribution in [2.75, 3.05) is 45.1 Å². The summed E-state index contributed by atoms with van der Waals surface area (Å²) in [5.41, 5.74) is 7.34. The Morgan fingerprint density at radius 2 is 2.10 bits per heavy atom. The molecule has 1 fully saturated rings. The number of morpholine rings is 1. The van der Waals surface area contributed by atoms with Crippen molar-refractivity contribution in [1.29, 1.82) is 0 Å². The Bertz CT molecular complexity index is 632. The van der Waals surface area contributed by atoms with Gasteiger partial charge < -0.3 is 20.8 Å². The third-order valence-corrected chi connectivity index (χ3v) is 3.78. The van der Waals surface area contributed by atoms with Crippen LogP contribution in [-0.2, 0) is 4.74 Å². The molecule has 6 heteroatoms. The number of nitrogens with two attached hydrogens (primary N) is 1. The maximum atomic E-state index is 12.3. The molecule has 1 aliphatic rings. The number of amides is 1. The lowest BCUT2D eigenvalue weighted by Crippen LogP contribution is -2.41. The Morgan fingerprint density at radius 1 is 1.33 bits per heavy atom. The standard InChI is InChI=1S/C15H20N4O2/c16-14-13(11-3-1-2-4-12(11)18-14)15(20)17-5-6-19-7-9-21-10-8-19/h1-4,18H,5-10,16H2,(H,17,20). The molecule has 1 aliphatic heterocycles. The maximum Gasteiger partial charge on any atom is 0.255 e. The van der Waals surface area contributed by atoms with Gasteiger partial charge in [0.1, 0.15) is 5.82 Å². The van der Waals surface area contributed by atoms with E-state index in [1.165, 1.54) is 0 Å². The largest absolute Gasteiger partial charge is 0.385 e. The monoisotopic (exact) mass is 288 g/mol. The van der Waals surface area contributed by atoms with Crippen molar-refractivity contribution in [3.8, 4) is 0 Å². The van der Waals surface area contributed by atoms with Gasteiger partial charge in [-0.05, 0) is 6.07 Å². The summed E-state index contributed by atoms with van der Waals surface area (Å²) < 4.78 is 5.30. The van der Waals surface area contributed by atoms with E-state index in [9.17, 15) is 4.79 Å². The minimum Gasteiger partial charge on any atom is -0.385 e. The van der Waals surface area contributed by atoms with E-state index in [-0.39, 0.29) is 5.91 Å². The molecule has 2 aromatic rings. The molecule has 0 atom stereocenters. The van der Waals surface area contributed by atoms with Crippen molar-refractivity contribution < 1.29 is 9.53 Å². The van der Waals surface area contributed by atoms with Crippen LogP contribution in [0.2, 0.25) is 0 Å². The molecule has 2 heterocycles. The molecule has 0 unspecified atom stereocenters. The quantitative estimate of drug-likeness (QED) is 0.777. The number of fused-ring (bicyclic) bond motifs is 1. The number of hydrogen-bond acceptors (Lipinski definition) is 4. The average molecular weight is 288 g/mol. The van der Waals surface area contributed by atoms with Crippen LogP contribution in [-0.4, -0.2) is 55.2 Å². The first-order chi connectivity index (χ1) is 10.3. The van der Waals surface area contributed by atoms with Crippen molar-refractivity contribution in [3.05, 3.63) is 29.8 Å². The molecule has 0 aliphatic carbocycles. The van der Waals surface area contributed by atoms with Crippen molar-refractivity contribution in [3.63, 3.8) is 0 Å². The minimum atomic E-state index is -0.127. The first kappa shape index (κ1) is 13.9. The second-order valence-electron chi connectivity index (χ2n) is 5.17. The highest BCUT2D eigenvalue weighted by atomic mass is 16.5. The lowest BCUT2D eigenvalue weighted by Gasteiger charge is -2.26. The molecule has 1 aromatic heterocycles. The summed E-state index contributed by atoms with van der Waals surface area (Å²) in [6, 6.07) is 7.63. The zero-order valence-corrected chi connectivity index (χ0v) is 11.9. The summed E-state index contributed by atoms with van der Waals surface area (Å²) in [4.78, 5) is 17.6. The van der Waals surface area contributed by atoms with E-state index in [0.717, 1.165) is 43.8 Å². The number of benzene rings is 1. The van der Waals surface area contributed by atoms with Crippen LogP contribution in [0.1, 0.15) is 10.4 Å². The molecular formula is C15H20N4O2. The second-order valence-corrected chi connectivity index (χ2v) is 5.17. The van der Waals surface area contributed by atoms with Gasteiger partial charge in [0, 0.05) is 37.1 Å². The van der Waals surface area contributed by atoms with Gasteiger partial charge in [0.15, 0.2) is 0 Å². The van der Waals surface area contributed by atoms with E-state index in [4.69, 9.17) is 10.5 Å². The zero-order valence-electron chi connectivity index (χ0n) is 11.9.